The summed E-state index contributed by atoms with van der Waals surface area (Å²) in [5.74, 6) is 2.45. The summed E-state index contributed by atoms with van der Waals surface area (Å²) >= 11 is 1.50. The fourth-order valence-electron chi connectivity index (χ4n) is 2.95. The number of hydrogen-bond donors (Lipinski definition) is 0. The van der Waals surface area contributed by atoms with Gasteiger partial charge in [0.2, 0.25) is 11.8 Å². The Balaban J connectivity index is 1.57. The number of nitrogens with zero attached hydrogens (tertiary/aromatic N) is 2. The van der Waals surface area contributed by atoms with Gasteiger partial charge in [0, 0.05) is 0 Å². The van der Waals surface area contributed by atoms with Gasteiger partial charge in [-0.3, -0.25) is 0 Å². The highest BCUT2D eigenvalue weighted by atomic mass is 32.1. The Morgan fingerprint density at radius 3 is 1.63 bits per heavy atom. The van der Waals surface area contributed by atoms with Crippen molar-refractivity contribution in [2.75, 3.05) is 14.2 Å². The van der Waals surface area contributed by atoms with E-state index in [1.54, 1.807) is 14.2 Å². The maximum atomic E-state index is 5.89. The lowest BCUT2D eigenvalue weighted by atomic mass is 10.3. The van der Waals surface area contributed by atoms with Crippen LogP contribution in [-0.4, -0.2) is 24.2 Å². The summed E-state index contributed by atoms with van der Waals surface area (Å²) in [5, 5.41) is 0. The van der Waals surface area contributed by atoms with E-state index < -0.39 is 0 Å². The first-order valence-corrected chi connectivity index (χ1v) is 9.06. The van der Waals surface area contributed by atoms with E-state index in [2.05, 4.69) is 9.97 Å². The zero-order chi connectivity index (χ0) is 18.4. The molecule has 0 aliphatic rings. The molecule has 7 heteroatoms. The first kappa shape index (κ1) is 15.9. The zero-order valence-electron chi connectivity index (χ0n) is 14.6. The minimum atomic E-state index is 0.541. The van der Waals surface area contributed by atoms with Crippen molar-refractivity contribution in [3.63, 3.8) is 0 Å². The lowest BCUT2D eigenvalue weighted by molar-refractivity contribution is 0.419. The van der Waals surface area contributed by atoms with Crippen molar-refractivity contribution in [1.29, 1.82) is 0 Å². The molecule has 5 rings (SSSR count). The number of benzene rings is 2. The van der Waals surface area contributed by atoms with Gasteiger partial charge in [-0.25, -0.2) is 9.97 Å². The molecule has 0 amide bonds. The number of aromatic nitrogens is 2. The van der Waals surface area contributed by atoms with E-state index in [0.29, 0.717) is 45.5 Å². The molecule has 0 spiro atoms. The summed E-state index contributed by atoms with van der Waals surface area (Å²) in [5.41, 5.74) is 2.78. The highest BCUT2D eigenvalue weighted by Gasteiger charge is 2.17. The minimum absolute atomic E-state index is 0.541. The summed E-state index contributed by atoms with van der Waals surface area (Å²) in [6, 6.07) is 15.1. The van der Waals surface area contributed by atoms with Gasteiger partial charge in [-0.05, 0) is 36.4 Å². The van der Waals surface area contributed by atoms with Gasteiger partial charge >= 0.3 is 0 Å². The van der Waals surface area contributed by atoms with Gasteiger partial charge in [0.15, 0.2) is 22.2 Å². The normalized spacial score (nSPS) is 11.3. The van der Waals surface area contributed by atoms with Crippen LogP contribution in [0, 0.1) is 0 Å². The molecule has 2 aromatic carbocycles. The maximum Gasteiger partial charge on any atom is 0.237 e. The van der Waals surface area contributed by atoms with Gasteiger partial charge in [-0.15, -0.1) is 11.3 Å². The van der Waals surface area contributed by atoms with Crippen molar-refractivity contribution < 1.29 is 18.3 Å². The summed E-state index contributed by atoms with van der Waals surface area (Å²) in [7, 11) is 3.24. The second-order valence-electron chi connectivity index (χ2n) is 5.82. The third-order valence-electron chi connectivity index (χ3n) is 4.23. The van der Waals surface area contributed by atoms with Crippen molar-refractivity contribution in [3.05, 3.63) is 48.5 Å². The van der Waals surface area contributed by atoms with Crippen molar-refractivity contribution >= 4 is 33.5 Å². The quantitative estimate of drug-likeness (QED) is 0.418. The van der Waals surface area contributed by atoms with Crippen molar-refractivity contribution in [2.45, 2.75) is 0 Å². The van der Waals surface area contributed by atoms with Gasteiger partial charge in [0.1, 0.15) is 11.5 Å². The number of ether oxygens (including phenoxy) is 2. The monoisotopic (exact) mass is 378 g/mol. The van der Waals surface area contributed by atoms with E-state index in [1.807, 2.05) is 48.5 Å². The lowest BCUT2D eigenvalue weighted by Crippen LogP contribution is -1.83. The molecule has 0 aliphatic carbocycles. The van der Waals surface area contributed by atoms with Crippen LogP contribution in [0.25, 0.3) is 43.7 Å². The average Bonchev–Trinajstić information content (AvgIpc) is 3.43. The molecule has 0 radical (unpaired) electrons. The van der Waals surface area contributed by atoms with Crippen LogP contribution in [0.2, 0.25) is 0 Å². The van der Waals surface area contributed by atoms with Gasteiger partial charge in [0.25, 0.3) is 0 Å². The van der Waals surface area contributed by atoms with E-state index in [9.17, 15) is 0 Å². The Kier molecular flexibility index (Phi) is 3.61. The molecule has 0 saturated heterocycles. The molecular weight excluding hydrogens is 364 g/mol. The molecule has 0 aliphatic heterocycles. The molecule has 3 aromatic heterocycles. The highest BCUT2D eigenvalue weighted by molar-refractivity contribution is 7.18. The number of rotatable bonds is 4. The maximum absolute atomic E-state index is 5.89. The standard InChI is InChI=1S/C20H14N2O4S/c1-23-11-5-3-7-13-17(11)21-19(25-13)15-9-10-16(27-15)20-22-18-12(24-2)6-4-8-14(18)26-20/h3-10H,1-2H3. The molecule has 5 aromatic rings. The predicted molar refractivity (Wildman–Crippen MR) is 103 cm³/mol. The van der Waals surface area contributed by atoms with Gasteiger partial charge < -0.3 is 18.3 Å². The lowest BCUT2D eigenvalue weighted by Gasteiger charge is -1.96. The largest absolute Gasteiger partial charge is 0.494 e. The molecule has 0 fully saturated rings. The van der Waals surface area contributed by atoms with Crippen LogP contribution in [0.5, 0.6) is 11.5 Å². The second kappa shape index (κ2) is 6.14. The molecular formula is C20H14N2O4S. The van der Waals surface area contributed by atoms with Crippen molar-refractivity contribution in [2.24, 2.45) is 0 Å². The summed E-state index contributed by atoms with van der Waals surface area (Å²) in [6.07, 6.45) is 0. The van der Waals surface area contributed by atoms with Crippen LogP contribution in [0.15, 0.2) is 57.4 Å². The number of oxazole rings is 2. The summed E-state index contributed by atoms with van der Waals surface area (Å²) in [6.45, 7) is 0. The van der Waals surface area contributed by atoms with Gasteiger partial charge in [-0.1, -0.05) is 12.1 Å². The number of fused-ring (bicyclic) bond motifs is 2. The average molecular weight is 378 g/mol. The van der Waals surface area contributed by atoms with Crippen LogP contribution in [0.4, 0.5) is 0 Å². The van der Waals surface area contributed by atoms with E-state index in [1.165, 1.54) is 11.3 Å². The summed E-state index contributed by atoms with van der Waals surface area (Å²) in [4.78, 5) is 10.9. The number of methoxy groups -OCH3 is 2. The van der Waals surface area contributed by atoms with Crippen LogP contribution in [0.1, 0.15) is 0 Å². The molecule has 134 valence electrons. The molecule has 0 bridgehead atoms. The number of hydrogen-bond acceptors (Lipinski definition) is 7. The van der Waals surface area contributed by atoms with Gasteiger partial charge in [-0.2, -0.15) is 0 Å². The van der Waals surface area contributed by atoms with Crippen molar-refractivity contribution in [3.8, 4) is 33.0 Å². The molecule has 0 N–H and O–H groups in total. The number of para-hydroxylation sites is 2. The van der Waals surface area contributed by atoms with Crippen molar-refractivity contribution in [1.82, 2.24) is 9.97 Å². The van der Waals surface area contributed by atoms with Crippen LogP contribution >= 0.6 is 11.3 Å². The fourth-order valence-corrected chi connectivity index (χ4v) is 3.81. The Hall–Kier alpha value is -3.32. The van der Waals surface area contributed by atoms with E-state index in [4.69, 9.17) is 18.3 Å². The smallest absolute Gasteiger partial charge is 0.237 e. The summed E-state index contributed by atoms with van der Waals surface area (Å²) < 4.78 is 22.5. The Morgan fingerprint density at radius 1 is 0.704 bits per heavy atom. The first-order chi connectivity index (χ1) is 13.3. The highest BCUT2D eigenvalue weighted by Crippen LogP contribution is 2.38. The van der Waals surface area contributed by atoms with Crippen LogP contribution in [0.3, 0.4) is 0 Å². The third kappa shape index (κ3) is 2.55. The predicted octanol–water partition coefficient (Wildman–Crippen LogP) is 5.38. The molecule has 0 atom stereocenters. The minimum Gasteiger partial charge on any atom is -0.494 e. The molecule has 27 heavy (non-hydrogen) atoms. The van der Waals surface area contributed by atoms with Crippen LogP contribution in [-0.2, 0) is 0 Å². The Morgan fingerprint density at radius 2 is 1.19 bits per heavy atom. The fraction of sp³-hybridized carbons (Fsp3) is 0.100. The van der Waals surface area contributed by atoms with Crippen LogP contribution < -0.4 is 9.47 Å². The topological polar surface area (TPSA) is 70.5 Å². The molecule has 0 saturated carbocycles. The third-order valence-corrected chi connectivity index (χ3v) is 5.29. The van der Waals surface area contributed by atoms with E-state index in [-0.39, 0.29) is 0 Å². The Bertz CT molecular complexity index is 1170. The van der Waals surface area contributed by atoms with E-state index >= 15 is 0 Å². The second-order valence-corrected chi connectivity index (χ2v) is 6.90. The number of thiophene rings is 1. The first-order valence-electron chi connectivity index (χ1n) is 8.24. The zero-order valence-corrected chi connectivity index (χ0v) is 15.4. The molecule has 3 heterocycles. The SMILES string of the molecule is COc1cccc2oc(-c3ccc(-c4nc5c(OC)cccc5o4)s3)nc12. The van der Waals surface area contributed by atoms with Gasteiger partial charge in [0.05, 0.1) is 24.0 Å². The molecule has 6 nitrogen and oxygen atoms in total. The Labute approximate surface area is 158 Å². The van der Waals surface area contributed by atoms with E-state index in [0.717, 1.165) is 9.75 Å². The molecule has 0 unspecified atom stereocenters.